The largest absolute Gasteiger partial charge is 0.322 e. The van der Waals surface area contributed by atoms with Crippen LogP contribution in [-0.4, -0.2) is 9.91 Å². The van der Waals surface area contributed by atoms with Crippen LogP contribution in [0, 0.1) is 10.1 Å². The van der Waals surface area contributed by atoms with Crippen molar-refractivity contribution < 1.29 is 4.92 Å². The maximum absolute atomic E-state index is 11.6. The Balaban J connectivity index is 2.49. The van der Waals surface area contributed by atoms with E-state index in [9.17, 15) is 14.9 Å². The fourth-order valence-corrected chi connectivity index (χ4v) is 1.77. The summed E-state index contributed by atoms with van der Waals surface area (Å²) in [7, 11) is 0. The SMILES string of the molecule is O=c1[nH]c(-c2cccc([N+](=O)[O-])c2)ccc1CCl. The molecule has 0 amide bonds. The normalized spacial score (nSPS) is 10.3. The van der Waals surface area contributed by atoms with Crippen molar-refractivity contribution >= 4 is 17.3 Å². The van der Waals surface area contributed by atoms with Gasteiger partial charge in [0.1, 0.15) is 0 Å². The third-order valence-corrected chi connectivity index (χ3v) is 2.79. The molecule has 2 rings (SSSR count). The summed E-state index contributed by atoms with van der Waals surface area (Å²) in [6, 6.07) is 9.36. The molecule has 5 nitrogen and oxygen atoms in total. The first-order valence-electron chi connectivity index (χ1n) is 5.15. The number of nitrogens with zero attached hydrogens (tertiary/aromatic N) is 1. The van der Waals surface area contributed by atoms with E-state index in [0.717, 1.165) is 0 Å². The van der Waals surface area contributed by atoms with Gasteiger partial charge < -0.3 is 4.98 Å². The Bertz CT molecular complexity index is 652. The highest BCUT2D eigenvalue weighted by Gasteiger charge is 2.08. The van der Waals surface area contributed by atoms with Crippen molar-refractivity contribution in [2.45, 2.75) is 5.88 Å². The van der Waals surface area contributed by atoms with Gasteiger partial charge >= 0.3 is 0 Å². The summed E-state index contributed by atoms with van der Waals surface area (Å²) >= 11 is 5.59. The van der Waals surface area contributed by atoms with E-state index in [1.165, 1.54) is 12.1 Å². The monoisotopic (exact) mass is 264 g/mol. The number of nitro groups is 1. The summed E-state index contributed by atoms with van der Waals surface area (Å²) in [5.41, 5.74) is 1.27. The highest BCUT2D eigenvalue weighted by Crippen LogP contribution is 2.21. The molecule has 0 saturated carbocycles. The molecule has 0 radical (unpaired) electrons. The van der Waals surface area contributed by atoms with Crippen LogP contribution in [0.4, 0.5) is 5.69 Å². The smallest absolute Gasteiger partial charge is 0.270 e. The van der Waals surface area contributed by atoms with Crippen molar-refractivity contribution in [3.63, 3.8) is 0 Å². The quantitative estimate of drug-likeness (QED) is 0.526. The fourth-order valence-electron chi connectivity index (χ4n) is 1.56. The minimum absolute atomic E-state index is 0.0187. The minimum atomic E-state index is -0.477. The third-order valence-electron chi connectivity index (χ3n) is 2.50. The van der Waals surface area contributed by atoms with Gasteiger partial charge in [-0.25, -0.2) is 0 Å². The van der Waals surface area contributed by atoms with Crippen molar-refractivity contribution in [2.24, 2.45) is 0 Å². The first-order valence-corrected chi connectivity index (χ1v) is 5.68. The van der Waals surface area contributed by atoms with Crippen LogP contribution in [-0.2, 0) is 5.88 Å². The molecular formula is C12H9ClN2O3. The Labute approximate surface area is 107 Å². The van der Waals surface area contributed by atoms with Crippen LogP contribution in [0.1, 0.15) is 5.56 Å². The Kier molecular flexibility index (Phi) is 3.43. The predicted octanol–water partition coefficient (Wildman–Crippen LogP) is 2.69. The van der Waals surface area contributed by atoms with E-state index in [2.05, 4.69) is 4.98 Å². The van der Waals surface area contributed by atoms with Crippen LogP contribution in [0.5, 0.6) is 0 Å². The number of pyridine rings is 1. The second kappa shape index (κ2) is 5.01. The van der Waals surface area contributed by atoms with Crippen LogP contribution in [0.15, 0.2) is 41.2 Å². The molecule has 0 spiro atoms. The van der Waals surface area contributed by atoms with Gasteiger partial charge in [0.15, 0.2) is 0 Å². The van der Waals surface area contributed by atoms with Crippen molar-refractivity contribution in [1.29, 1.82) is 0 Å². The molecular weight excluding hydrogens is 256 g/mol. The highest BCUT2D eigenvalue weighted by atomic mass is 35.5. The molecule has 0 atom stereocenters. The van der Waals surface area contributed by atoms with Gasteiger partial charge in [0.05, 0.1) is 10.8 Å². The summed E-state index contributed by atoms with van der Waals surface area (Å²) < 4.78 is 0. The number of H-pyrrole nitrogens is 1. The number of nitrogens with one attached hydrogen (secondary N) is 1. The number of aromatic nitrogens is 1. The van der Waals surface area contributed by atoms with Crippen molar-refractivity contribution in [3.8, 4) is 11.3 Å². The number of halogens is 1. The van der Waals surface area contributed by atoms with Gasteiger partial charge in [0.25, 0.3) is 11.2 Å². The lowest BCUT2D eigenvalue weighted by Gasteiger charge is -2.02. The van der Waals surface area contributed by atoms with Gasteiger partial charge in [-0.2, -0.15) is 0 Å². The summed E-state index contributed by atoms with van der Waals surface area (Å²) in [5.74, 6) is 0.130. The molecule has 0 aliphatic carbocycles. The maximum Gasteiger partial charge on any atom is 0.270 e. The molecule has 0 aliphatic rings. The Morgan fingerprint density at radius 2 is 2.06 bits per heavy atom. The molecule has 18 heavy (non-hydrogen) atoms. The molecule has 1 heterocycles. The first kappa shape index (κ1) is 12.3. The molecule has 1 aromatic heterocycles. The zero-order chi connectivity index (χ0) is 13.1. The lowest BCUT2D eigenvalue weighted by Crippen LogP contribution is -2.11. The van der Waals surface area contributed by atoms with Gasteiger partial charge in [0.2, 0.25) is 0 Å². The van der Waals surface area contributed by atoms with E-state index in [-0.39, 0.29) is 17.1 Å². The molecule has 0 bridgehead atoms. The van der Waals surface area contributed by atoms with Crippen molar-refractivity contribution in [2.75, 3.05) is 0 Å². The van der Waals surface area contributed by atoms with Gasteiger partial charge in [-0.3, -0.25) is 14.9 Å². The fraction of sp³-hybridized carbons (Fsp3) is 0.0833. The van der Waals surface area contributed by atoms with Crippen molar-refractivity contribution in [1.82, 2.24) is 4.98 Å². The molecule has 0 aliphatic heterocycles. The van der Waals surface area contributed by atoms with Crippen molar-refractivity contribution in [3.05, 3.63) is 62.4 Å². The Hall–Kier alpha value is -2.14. The lowest BCUT2D eigenvalue weighted by molar-refractivity contribution is -0.384. The Morgan fingerprint density at radius 3 is 2.67 bits per heavy atom. The number of aromatic amines is 1. The summed E-state index contributed by atoms with van der Waals surface area (Å²) in [5, 5.41) is 10.7. The molecule has 0 saturated heterocycles. The van der Waals surface area contributed by atoms with Crippen LogP contribution >= 0.6 is 11.6 Å². The molecule has 1 N–H and O–H groups in total. The van der Waals surface area contributed by atoms with E-state index in [1.54, 1.807) is 24.3 Å². The van der Waals surface area contributed by atoms with E-state index in [1.807, 2.05) is 0 Å². The molecule has 1 aromatic carbocycles. The standard InChI is InChI=1S/C12H9ClN2O3/c13-7-9-4-5-11(14-12(9)16)8-2-1-3-10(6-8)15(17)18/h1-6H,7H2,(H,14,16). The number of non-ortho nitro benzene ring substituents is 1. The molecule has 0 unspecified atom stereocenters. The van der Waals surface area contributed by atoms with Crippen LogP contribution in [0.3, 0.4) is 0 Å². The summed E-state index contributed by atoms with van der Waals surface area (Å²) in [6.45, 7) is 0. The zero-order valence-electron chi connectivity index (χ0n) is 9.22. The average Bonchev–Trinajstić information content (AvgIpc) is 2.38. The van der Waals surface area contributed by atoms with E-state index < -0.39 is 4.92 Å². The minimum Gasteiger partial charge on any atom is -0.322 e. The summed E-state index contributed by atoms with van der Waals surface area (Å²) in [6.07, 6.45) is 0. The second-order valence-corrected chi connectivity index (χ2v) is 3.93. The van der Waals surface area contributed by atoms with Gasteiger partial charge in [-0.05, 0) is 6.07 Å². The maximum atomic E-state index is 11.6. The molecule has 0 fully saturated rings. The van der Waals surface area contributed by atoms with E-state index in [0.29, 0.717) is 16.8 Å². The molecule has 6 heteroatoms. The van der Waals surface area contributed by atoms with Crippen LogP contribution in [0.2, 0.25) is 0 Å². The number of alkyl halides is 1. The van der Waals surface area contributed by atoms with Crippen LogP contribution < -0.4 is 5.56 Å². The number of hydrogen-bond donors (Lipinski definition) is 1. The topological polar surface area (TPSA) is 76.0 Å². The molecule has 92 valence electrons. The van der Waals surface area contributed by atoms with Gasteiger partial charge in [-0.15, -0.1) is 11.6 Å². The average molecular weight is 265 g/mol. The second-order valence-electron chi connectivity index (χ2n) is 3.67. The highest BCUT2D eigenvalue weighted by molar-refractivity contribution is 6.17. The van der Waals surface area contributed by atoms with Crippen LogP contribution in [0.25, 0.3) is 11.3 Å². The predicted molar refractivity (Wildman–Crippen MR) is 68.7 cm³/mol. The van der Waals surface area contributed by atoms with E-state index in [4.69, 9.17) is 11.6 Å². The number of rotatable bonds is 3. The third kappa shape index (κ3) is 2.41. The lowest BCUT2D eigenvalue weighted by atomic mass is 10.1. The number of nitro benzene ring substituents is 1. The first-order chi connectivity index (χ1) is 8.61. The summed E-state index contributed by atoms with van der Waals surface area (Å²) in [4.78, 5) is 24.4. The number of hydrogen-bond acceptors (Lipinski definition) is 3. The Morgan fingerprint density at radius 1 is 1.28 bits per heavy atom. The number of benzene rings is 1. The van der Waals surface area contributed by atoms with Gasteiger partial charge in [-0.1, -0.05) is 18.2 Å². The van der Waals surface area contributed by atoms with E-state index >= 15 is 0 Å². The zero-order valence-corrected chi connectivity index (χ0v) is 9.98. The molecule has 2 aromatic rings. The van der Waals surface area contributed by atoms with Gasteiger partial charge in [0, 0.05) is 29.0 Å².